The molecule has 0 saturated heterocycles. The van der Waals surface area contributed by atoms with Gasteiger partial charge in [0.25, 0.3) is 20.2 Å². The second kappa shape index (κ2) is 22.1. The molecule has 11 aromatic rings. The summed E-state index contributed by atoms with van der Waals surface area (Å²) in [6.07, 6.45) is 0. The highest BCUT2D eigenvalue weighted by molar-refractivity contribution is 7.94. The Bertz CT molecular complexity index is 4900. The maximum Gasteiger partial charge on any atom is 0.294 e. The second-order valence-corrected chi connectivity index (χ2v) is 22.5. The molecule has 2 aliphatic rings. The summed E-state index contributed by atoms with van der Waals surface area (Å²) in [5.74, 6) is 3.19. The molecule has 13 rings (SSSR count). The maximum atomic E-state index is 12.1. The number of benzene rings is 8. The van der Waals surface area contributed by atoms with Crippen LogP contribution in [0.2, 0.25) is 0 Å². The van der Waals surface area contributed by atoms with E-state index in [9.17, 15) is 25.9 Å². The molecular formula is C56H34N8O16S4. The van der Waals surface area contributed by atoms with E-state index in [0.717, 1.165) is 24.1 Å². The third kappa shape index (κ3) is 11.2. The molecular weight excluding hydrogens is 1170 g/mol. The van der Waals surface area contributed by atoms with Crippen molar-refractivity contribution in [1.29, 1.82) is 0 Å². The summed E-state index contributed by atoms with van der Waals surface area (Å²) in [6, 6.07) is 45.2. The molecule has 2 aliphatic heterocycles. The normalized spacial score (nSPS) is 12.0. The fourth-order valence-corrected chi connectivity index (χ4v) is 11.0. The summed E-state index contributed by atoms with van der Waals surface area (Å²) >= 11 is 1.54. The molecule has 0 unspecified atom stereocenters. The number of nitrogens with one attached hydrogen (secondary N) is 2. The summed E-state index contributed by atoms with van der Waals surface area (Å²) < 4.78 is 102. The van der Waals surface area contributed by atoms with Crippen LogP contribution in [-0.4, -0.2) is 76.3 Å². The first-order valence-corrected chi connectivity index (χ1v) is 28.8. The van der Waals surface area contributed by atoms with E-state index >= 15 is 0 Å². The first kappa shape index (κ1) is 53.9. The summed E-state index contributed by atoms with van der Waals surface area (Å²) in [6.45, 7) is 0. The Morgan fingerprint density at radius 1 is 0.345 bits per heavy atom. The van der Waals surface area contributed by atoms with Crippen LogP contribution < -0.4 is 18.9 Å². The average molecular weight is 1200 g/mol. The molecule has 28 heteroatoms. The first-order valence-electron chi connectivity index (χ1n) is 24.4. The van der Waals surface area contributed by atoms with Gasteiger partial charge < -0.3 is 28.9 Å². The molecule has 24 nitrogen and oxygen atoms in total. The zero-order valence-corrected chi connectivity index (χ0v) is 45.4. The molecule has 0 radical (unpaired) electrons. The Kier molecular flexibility index (Phi) is 14.2. The molecule has 6 N–H and O–H groups in total. The van der Waals surface area contributed by atoms with Gasteiger partial charge in [-0.2, -0.15) is 16.8 Å². The van der Waals surface area contributed by atoms with Gasteiger partial charge in [0, 0.05) is 65.7 Å². The molecule has 0 saturated carbocycles. The molecule has 84 heavy (non-hydrogen) atoms. The van der Waals surface area contributed by atoms with Crippen molar-refractivity contribution in [2.75, 3.05) is 0 Å². The molecule has 0 amide bonds. The van der Waals surface area contributed by atoms with Crippen molar-refractivity contribution in [3.8, 4) is 91.5 Å². The highest BCUT2D eigenvalue weighted by Crippen LogP contribution is 2.42. The Hall–Kier alpha value is -9.40. The molecule has 3 aromatic heterocycles. The van der Waals surface area contributed by atoms with Crippen molar-refractivity contribution in [2.24, 2.45) is 0 Å². The minimum Gasteiger partial charge on any atom is -0.457 e. The van der Waals surface area contributed by atoms with Gasteiger partial charge in [-0.1, -0.05) is 34.3 Å². The van der Waals surface area contributed by atoms with E-state index in [4.69, 9.17) is 59.4 Å². The number of aromatic nitrogens is 8. The fraction of sp³-hybridized carbons (Fsp3) is 0. The van der Waals surface area contributed by atoms with E-state index in [1.54, 1.807) is 121 Å². The lowest BCUT2D eigenvalue weighted by Gasteiger charge is -2.08. The van der Waals surface area contributed by atoms with E-state index in [-0.39, 0.29) is 61.7 Å². The van der Waals surface area contributed by atoms with Crippen molar-refractivity contribution in [3.05, 3.63) is 170 Å². The lowest BCUT2D eigenvalue weighted by molar-refractivity contribution is -0.432. The van der Waals surface area contributed by atoms with Crippen molar-refractivity contribution < 1.29 is 74.1 Å². The van der Waals surface area contributed by atoms with E-state index in [0.29, 0.717) is 93.5 Å². The molecule has 8 bridgehead atoms. The van der Waals surface area contributed by atoms with E-state index in [1.807, 2.05) is 0 Å². The fourth-order valence-electron chi connectivity index (χ4n) is 9.19. The summed E-state index contributed by atoms with van der Waals surface area (Å²) in [5, 5.41) is 27.2. The number of nitrogens with zero attached hydrogens (tertiary/aromatic N) is 6. The van der Waals surface area contributed by atoms with E-state index in [1.165, 1.54) is 48.5 Å². The quantitative estimate of drug-likeness (QED) is 0.0226. The topological polar surface area (TPSA) is 332 Å². The average Bonchev–Trinajstić information content (AvgIpc) is 2.34. The van der Waals surface area contributed by atoms with Crippen LogP contribution in [0.1, 0.15) is 0 Å². The largest absolute Gasteiger partial charge is 0.457 e. The van der Waals surface area contributed by atoms with Gasteiger partial charge in [0.2, 0.25) is 0 Å². The minimum atomic E-state index is -4.56. The third-order valence-electron chi connectivity index (χ3n) is 12.8. The van der Waals surface area contributed by atoms with Crippen molar-refractivity contribution in [1.82, 2.24) is 39.9 Å². The van der Waals surface area contributed by atoms with Crippen LogP contribution in [0, 0.1) is 0 Å². The molecule has 8 aromatic carbocycles. The van der Waals surface area contributed by atoms with Gasteiger partial charge in [0.05, 0.1) is 33.9 Å². The Balaban J connectivity index is 1.04. The Morgan fingerprint density at radius 2 is 0.679 bits per heavy atom. The summed E-state index contributed by atoms with van der Waals surface area (Å²) in [5.41, 5.74) is 3.18. The SMILES string of the molecule is O=S(=O)(O)c1cccc(Oc2ccc3c(c2)-c2nc-3nc3[nH]c(nc4nc(nc5[nH]c(n2)c2ccc(Oc6cccc(SOOO)c6)cc52)-c2ccc(Oc5cccc(SOOO)c5)cc2-4)c2ccc(Oc4cccc(S(=O)(=O)O)c4)cc32)c1. The van der Waals surface area contributed by atoms with Crippen LogP contribution in [0.3, 0.4) is 0 Å². The lowest BCUT2D eigenvalue weighted by atomic mass is 10.1. The number of rotatable bonds is 16. The van der Waals surface area contributed by atoms with Crippen LogP contribution in [0.25, 0.3) is 89.7 Å². The second-order valence-electron chi connectivity index (χ2n) is 18.1. The molecule has 0 fully saturated rings. The maximum absolute atomic E-state index is 12.1. The predicted octanol–water partition coefficient (Wildman–Crippen LogP) is 13.4. The van der Waals surface area contributed by atoms with Gasteiger partial charge in [-0.3, -0.25) is 9.11 Å². The highest BCUT2D eigenvalue weighted by Gasteiger charge is 2.25. The standard InChI is InChI=1S/C56H34N8O16S4/c65-77-79-81-37-9-1-5-29(21-37)73-33-13-17-41-45(25-33)54-58-49(41)57-53-46-26-34(74-30-6-2-10-38(22-30)82-80-78-66)14-18-42(46)50(59-53)61-55-48-28-36(76-32-8-4-12-40(24-32)84(70,71)72)16-20-44(48)52(63-55)64-56-47-27-35(15-19-43(47)51(60-54)62-56)75-31-7-3-11-39(23-31)83(67,68)69/h1-28,65-66H,(H,67,68,69)(H,70,71,72)(H2,57,58,59,60,61,62,63,64). The molecule has 0 atom stereocenters. The van der Waals surface area contributed by atoms with Gasteiger partial charge in [0.1, 0.15) is 68.6 Å². The predicted molar refractivity (Wildman–Crippen MR) is 303 cm³/mol. The first-order chi connectivity index (χ1) is 40.7. The molecule has 5 heterocycles. The van der Waals surface area contributed by atoms with Gasteiger partial charge >= 0.3 is 0 Å². The van der Waals surface area contributed by atoms with Gasteiger partial charge in [-0.05, 0) is 133 Å². The van der Waals surface area contributed by atoms with E-state index in [2.05, 4.69) is 28.7 Å². The third-order valence-corrected chi connectivity index (χ3v) is 15.6. The zero-order chi connectivity index (χ0) is 57.7. The van der Waals surface area contributed by atoms with Crippen molar-refractivity contribution in [3.63, 3.8) is 0 Å². The monoisotopic (exact) mass is 1200 g/mol. The number of hydrogen-bond donors (Lipinski definition) is 6. The highest BCUT2D eigenvalue weighted by atomic mass is 32.2. The number of fused-ring (bicyclic) bond motifs is 20. The zero-order valence-electron chi connectivity index (χ0n) is 42.2. The van der Waals surface area contributed by atoms with Crippen molar-refractivity contribution >= 4 is 88.5 Å². The van der Waals surface area contributed by atoms with Crippen LogP contribution in [-0.2, 0) is 39.0 Å². The van der Waals surface area contributed by atoms with Crippen LogP contribution in [0.15, 0.2) is 189 Å². The number of H-pyrrole nitrogens is 2. The molecule has 0 spiro atoms. The van der Waals surface area contributed by atoms with Crippen LogP contribution in [0.4, 0.5) is 0 Å². The summed E-state index contributed by atoms with van der Waals surface area (Å²) in [4.78, 5) is 37.8. The Morgan fingerprint density at radius 3 is 1.07 bits per heavy atom. The Labute approximate surface area is 480 Å². The summed E-state index contributed by atoms with van der Waals surface area (Å²) in [7, 11) is -9.13. The smallest absolute Gasteiger partial charge is 0.294 e. The van der Waals surface area contributed by atoms with Crippen LogP contribution >= 0.6 is 24.1 Å². The minimum absolute atomic E-state index is 0.110. The lowest BCUT2D eigenvalue weighted by Crippen LogP contribution is -1.98. The molecule has 418 valence electrons. The van der Waals surface area contributed by atoms with E-state index < -0.39 is 20.2 Å². The van der Waals surface area contributed by atoms with Gasteiger partial charge in [-0.15, -0.1) is 8.67 Å². The molecule has 0 aliphatic carbocycles. The van der Waals surface area contributed by atoms with Gasteiger partial charge in [0.15, 0.2) is 23.3 Å². The number of ether oxygens (including phenoxy) is 4. The number of hydrogen-bond acceptors (Lipinski definition) is 22. The van der Waals surface area contributed by atoms with Gasteiger partial charge in [-0.25, -0.2) is 40.4 Å². The van der Waals surface area contributed by atoms with Crippen LogP contribution in [0.5, 0.6) is 46.0 Å². The number of aromatic amines is 2. The van der Waals surface area contributed by atoms with Crippen molar-refractivity contribution in [2.45, 2.75) is 19.6 Å².